The van der Waals surface area contributed by atoms with Gasteiger partial charge in [0.1, 0.15) is 0 Å². The van der Waals surface area contributed by atoms with Crippen molar-refractivity contribution in [1.29, 1.82) is 0 Å². The predicted molar refractivity (Wildman–Crippen MR) is 63.9 cm³/mol. The number of nitrogens with zero attached hydrogens (tertiary/aromatic N) is 2. The minimum absolute atomic E-state index is 0.232. The van der Waals surface area contributed by atoms with Crippen molar-refractivity contribution in [3.8, 4) is 0 Å². The van der Waals surface area contributed by atoms with Gasteiger partial charge in [-0.1, -0.05) is 13.3 Å². The van der Waals surface area contributed by atoms with Crippen LogP contribution in [0.5, 0.6) is 0 Å². The van der Waals surface area contributed by atoms with Crippen LogP contribution in [0.25, 0.3) is 0 Å². The van der Waals surface area contributed by atoms with E-state index in [1.807, 2.05) is 6.92 Å². The normalized spacial score (nSPS) is 17.8. The third-order valence-corrected chi connectivity index (χ3v) is 4.73. The van der Waals surface area contributed by atoms with Gasteiger partial charge < -0.3 is 0 Å². The lowest BCUT2D eigenvalue weighted by atomic mass is 9.66. The van der Waals surface area contributed by atoms with Crippen molar-refractivity contribution in [3.05, 3.63) is 18.6 Å². The molecule has 6 nitrogen and oxygen atoms in total. The highest BCUT2D eigenvalue weighted by molar-refractivity contribution is 7.90. The highest BCUT2D eigenvalue weighted by Gasteiger charge is 2.43. The molecule has 1 amide bonds. The quantitative estimate of drug-likeness (QED) is 0.875. The van der Waals surface area contributed by atoms with Gasteiger partial charge in [0.2, 0.25) is 5.91 Å². The van der Waals surface area contributed by atoms with E-state index in [-0.39, 0.29) is 5.03 Å². The van der Waals surface area contributed by atoms with E-state index in [9.17, 15) is 13.2 Å². The number of aromatic nitrogens is 2. The van der Waals surface area contributed by atoms with Crippen molar-refractivity contribution in [3.63, 3.8) is 0 Å². The maximum absolute atomic E-state index is 12.0. The summed E-state index contributed by atoms with van der Waals surface area (Å²) >= 11 is 0. The van der Waals surface area contributed by atoms with Crippen LogP contribution in [0.2, 0.25) is 0 Å². The number of nitrogens with one attached hydrogen (secondary N) is 1. The molecular weight excluding hydrogens is 254 g/mol. The van der Waals surface area contributed by atoms with E-state index < -0.39 is 21.3 Å². The van der Waals surface area contributed by atoms with Gasteiger partial charge in [-0.2, -0.15) is 8.42 Å². The summed E-state index contributed by atoms with van der Waals surface area (Å²) in [7, 11) is -3.90. The molecule has 0 atom stereocenters. The Morgan fingerprint density at radius 3 is 2.61 bits per heavy atom. The number of carbonyl (C=O) groups excluding carboxylic acids is 1. The fraction of sp³-hybridized carbons (Fsp3) is 0.545. The minimum Gasteiger partial charge on any atom is -0.273 e. The van der Waals surface area contributed by atoms with Crippen LogP contribution in [0.15, 0.2) is 23.6 Å². The number of hydrogen-bond donors (Lipinski definition) is 1. The first-order chi connectivity index (χ1) is 8.50. The molecule has 7 heteroatoms. The van der Waals surface area contributed by atoms with Crippen molar-refractivity contribution < 1.29 is 13.2 Å². The number of carbonyl (C=O) groups is 1. The van der Waals surface area contributed by atoms with Crippen molar-refractivity contribution in [2.75, 3.05) is 0 Å². The lowest BCUT2D eigenvalue weighted by Crippen LogP contribution is -2.47. The molecule has 0 saturated heterocycles. The second kappa shape index (κ2) is 4.64. The fourth-order valence-corrected chi connectivity index (χ4v) is 3.02. The van der Waals surface area contributed by atoms with Crippen LogP contribution in [0.1, 0.15) is 32.6 Å². The zero-order valence-electron chi connectivity index (χ0n) is 10.1. The van der Waals surface area contributed by atoms with Gasteiger partial charge in [0, 0.05) is 17.8 Å². The van der Waals surface area contributed by atoms with Crippen LogP contribution in [-0.2, 0) is 14.8 Å². The highest BCUT2D eigenvalue weighted by atomic mass is 32.2. The first-order valence-corrected chi connectivity index (χ1v) is 7.32. The summed E-state index contributed by atoms with van der Waals surface area (Å²) < 4.78 is 25.9. The Bertz CT molecular complexity index is 532. The summed E-state index contributed by atoms with van der Waals surface area (Å²) in [6.45, 7) is 1.90. The maximum atomic E-state index is 12.0. The zero-order valence-corrected chi connectivity index (χ0v) is 10.9. The molecule has 1 aliphatic rings. The number of hydrogen-bond acceptors (Lipinski definition) is 5. The summed E-state index contributed by atoms with van der Waals surface area (Å²) in [5, 5.41) is -0.232. The van der Waals surface area contributed by atoms with Crippen molar-refractivity contribution in [1.82, 2.24) is 14.7 Å². The first kappa shape index (κ1) is 12.9. The van der Waals surface area contributed by atoms with Gasteiger partial charge in [-0.3, -0.25) is 9.78 Å². The Morgan fingerprint density at radius 2 is 2.17 bits per heavy atom. The molecule has 2 rings (SSSR count). The molecule has 98 valence electrons. The highest BCUT2D eigenvalue weighted by Crippen LogP contribution is 2.44. The average Bonchev–Trinajstić information content (AvgIpc) is 2.29. The number of sulfonamides is 1. The van der Waals surface area contributed by atoms with Crippen LogP contribution in [-0.4, -0.2) is 24.3 Å². The molecule has 18 heavy (non-hydrogen) atoms. The van der Waals surface area contributed by atoms with Crippen LogP contribution in [0.3, 0.4) is 0 Å². The molecule has 0 bridgehead atoms. The third-order valence-electron chi connectivity index (χ3n) is 3.51. The Kier molecular flexibility index (Phi) is 3.34. The van der Waals surface area contributed by atoms with Crippen LogP contribution in [0, 0.1) is 5.41 Å². The van der Waals surface area contributed by atoms with Gasteiger partial charge in [0.25, 0.3) is 10.0 Å². The Morgan fingerprint density at radius 1 is 1.44 bits per heavy atom. The van der Waals surface area contributed by atoms with E-state index in [0.29, 0.717) is 6.42 Å². The maximum Gasteiger partial charge on any atom is 0.283 e. The Labute approximate surface area is 106 Å². The summed E-state index contributed by atoms with van der Waals surface area (Å²) in [5.41, 5.74) is -0.519. The fourth-order valence-electron chi connectivity index (χ4n) is 2.05. The van der Waals surface area contributed by atoms with Gasteiger partial charge in [-0.15, -0.1) is 0 Å². The topological polar surface area (TPSA) is 89.0 Å². The standard InChI is InChI=1S/C11H15N3O3S/c1-2-11(4-3-5-11)10(15)14-18(16,17)9-8-12-6-7-13-9/h6-8H,2-5H2,1H3,(H,14,15). The minimum atomic E-state index is -3.90. The lowest BCUT2D eigenvalue weighted by molar-refractivity contribution is -0.134. The van der Waals surface area contributed by atoms with Crippen molar-refractivity contribution in [2.45, 2.75) is 37.6 Å². The van der Waals surface area contributed by atoms with E-state index in [1.54, 1.807) is 0 Å². The molecule has 0 spiro atoms. The molecular formula is C11H15N3O3S. The lowest BCUT2D eigenvalue weighted by Gasteiger charge is -2.39. The van der Waals surface area contributed by atoms with E-state index in [2.05, 4.69) is 14.7 Å². The van der Waals surface area contributed by atoms with Crippen LogP contribution >= 0.6 is 0 Å². The van der Waals surface area contributed by atoms with E-state index in [0.717, 1.165) is 25.5 Å². The molecule has 1 aromatic rings. The van der Waals surface area contributed by atoms with Gasteiger partial charge in [0.15, 0.2) is 5.03 Å². The van der Waals surface area contributed by atoms with Gasteiger partial charge in [-0.05, 0) is 19.3 Å². The molecule has 0 aliphatic heterocycles. The molecule has 0 unspecified atom stereocenters. The van der Waals surface area contributed by atoms with Crippen molar-refractivity contribution in [2.24, 2.45) is 5.41 Å². The molecule has 1 heterocycles. The molecule has 1 N–H and O–H groups in total. The van der Waals surface area contributed by atoms with Crippen molar-refractivity contribution >= 4 is 15.9 Å². The molecule has 1 saturated carbocycles. The zero-order chi connectivity index (χ0) is 13.2. The summed E-state index contributed by atoms with van der Waals surface area (Å²) in [6, 6.07) is 0. The summed E-state index contributed by atoms with van der Waals surface area (Å²) in [4.78, 5) is 19.4. The Balaban J connectivity index is 2.17. The second-order valence-electron chi connectivity index (χ2n) is 4.47. The van der Waals surface area contributed by atoms with E-state index in [1.165, 1.54) is 12.4 Å². The van der Waals surface area contributed by atoms with E-state index in [4.69, 9.17) is 0 Å². The first-order valence-electron chi connectivity index (χ1n) is 5.83. The SMILES string of the molecule is CCC1(C(=O)NS(=O)(=O)c2cnccn2)CCC1. The van der Waals surface area contributed by atoms with Gasteiger partial charge in [-0.25, -0.2) is 9.71 Å². The van der Waals surface area contributed by atoms with Crippen LogP contribution in [0.4, 0.5) is 0 Å². The predicted octanol–water partition coefficient (Wildman–Crippen LogP) is 0.862. The average molecular weight is 269 g/mol. The van der Waals surface area contributed by atoms with E-state index >= 15 is 0 Å². The summed E-state index contributed by atoms with van der Waals surface area (Å²) in [5.74, 6) is -0.429. The largest absolute Gasteiger partial charge is 0.283 e. The molecule has 0 aromatic carbocycles. The van der Waals surface area contributed by atoms with Crippen LogP contribution < -0.4 is 4.72 Å². The molecule has 1 aliphatic carbocycles. The Hall–Kier alpha value is -1.50. The number of rotatable bonds is 4. The molecule has 1 fully saturated rings. The monoisotopic (exact) mass is 269 g/mol. The molecule has 0 radical (unpaired) electrons. The molecule has 1 aromatic heterocycles. The van der Waals surface area contributed by atoms with Gasteiger partial charge >= 0.3 is 0 Å². The number of amides is 1. The summed E-state index contributed by atoms with van der Waals surface area (Å²) in [6.07, 6.45) is 6.87. The second-order valence-corrected chi connectivity index (χ2v) is 6.09. The van der Waals surface area contributed by atoms with Gasteiger partial charge in [0.05, 0.1) is 6.20 Å². The smallest absolute Gasteiger partial charge is 0.273 e. The third kappa shape index (κ3) is 2.22.